The molecule has 3 nitrogen and oxygen atoms in total. The van der Waals surface area contributed by atoms with Gasteiger partial charge in [-0.2, -0.15) is 0 Å². The van der Waals surface area contributed by atoms with Crippen LogP contribution in [0, 0.1) is 0 Å². The molecular weight excluding hydrogens is 118 g/mol. The van der Waals surface area contributed by atoms with Gasteiger partial charge in [-0.3, -0.25) is 0 Å². The Labute approximate surface area is 53.0 Å². The predicted octanol–water partition coefficient (Wildman–Crippen LogP) is 0.326. The second-order valence-corrected chi connectivity index (χ2v) is 2.05. The molecule has 1 fully saturated rings. The molecule has 3 heteroatoms. The molecule has 0 amide bonds. The van der Waals surface area contributed by atoms with Crippen LogP contribution in [0.25, 0.3) is 0 Å². The number of hydrogen-bond donors (Lipinski definition) is 0. The largest absolute Gasteiger partial charge is 0.481 e. The lowest BCUT2D eigenvalue weighted by Gasteiger charge is -1.98. The number of hydrogen-bond acceptors (Lipinski definition) is 3. The first-order valence-electron chi connectivity index (χ1n) is 2.85. The summed E-state index contributed by atoms with van der Waals surface area (Å²) in [7, 11) is 1.60. The fourth-order valence-electron chi connectivity index (χ4n) is 0.841. The fourth-order valence-corrected chi connectivity index (χ4v) is 0.841. The summed E-state index contributed by atoms with van der Waals surface area (Å²) in [5.74, 6) is 0.661. The van der Waals surface area contributed by atoms with Gasteiger partial charge in [0, 0.05) is 12.3 Å². The van der Waals surface area contributed by atoms with E-state index in [1.807, 2.05) is 6.08 Å². The molecule has 0 aliphatic carbocycles. The zero-order valence-electron chi connectivity index (χ0n) is 5.07. The minimum atomic E-state index is 0.240. The quantitative estimate of drug-likeness (QED) is 0.473. The Morgan fingerprint density at radius 2 is 2.56 bits per heavy atom. The molecule has 0 unspecified atom stereocenters. The van der Waals surface area contributed by atoms with Crippen molar-refractivity contribution in [1.82, 2.24) is 0 Å². The van der Waals surface area contributed by atoms with Crippen LogP contribution in [0.1, 0.15) is 0 Å². The van der Waals surface area contributed by atoms with Gasteiger partial charge in [0.05, 0.1) is 7.11 Å². The van der Waals surface area contributed by atoms with E-state index in [2.05, 4.69) is 4.99 Å². The molecule has 9 heavy (non-hydrogen) atoms. The maximum absolute atomic E-state index is 5.10. The number of methoxy groups -OCH3 is 1. The summed E-state index contributed by atoms with van der Waals surface area (Å²) in [6.45, 7) is 0. The third kappa shape index (κ3) is 0.733. The Morgan fingerprint density at radius 3 is 3.22 bits per heavy atom. The molecule has 0 bridgehead atoms. The zero-order chi connectivity index (χ0) is 6.27. The minimum Gasteiger partial charge on any atom is -0.481 e. The summed E-state index contributed by atoms with van der Waals surface area (Å²) >= 11 is 0. The number of fused-ring (bicyclic) bond motifs is 1. The number of rotatable bonds is 1. The van der Waals surface area contributed by atoms with Crippen LogP contribution in [-0.4, -0.2) is 25.5 Å². The lowest BCUT2D eigenvalue weighted by molar-refractivity contribution is 0.285. The number of nitrogens with zero attached hydrogens (tertiary/aromatic N) is 1. The predicted molar refractivity (Wildman–Crippen MR) is 32.2 cm³/mol. The highest BCUT2D eigenvalue weighted by Gasteiger charge is 2.38. The zero-order valence-corrected chi connectivity index (χ0v) is 5.07. The van der Waals surface area contributed by atoms with Gasteiger partial charge in [-0.15, -0.1) is 0 Å². The van der Waals surface area contributed by atoms with E-state index < -0.39 is 0 Å². The SMILES string of the molecule is COC1=C[C@@H]2O[C@@H]2C=N1. The van der Waals surface area contributed by atoms with Gasteiger partial charge in [-0.1, -0.05) is 0 Å². The molecule has 2 aliphatic rings. The highest BCUT2D eigenvalue weighted by molar-refractivity contribution is 5.70. The maximum Gasteiger partial charge on any atom is 0.211 e. The van der Waals surface area contributed by atoms with Crippen LogP contribution in [0.2, 0.25) is 0 Å². The monoisotopic (exact) mass is 125 g/mol. The third-order valence-electron chi connectivity index (χ3n) is 1.43. The van der Waals surface area contributed by atoms with Crippen LogP contribution in [-0.2, 0) is 9.47 Å². The van der Waals surface area contributed by atoms with Gasteiger partial charge in [-0.05, 0) is 0 Å². The molecule has 2 aliphatic heterocycles. The maximum atomic E-state index is 5.10. The van der Waals surface area contributed by atoms with E-state index in [1.54, 1.807) is 13.3 Å². The van der Waals surface area contributed by atoms with E-state index in [-0.39, 0.29) is 12.2 Å². The lowest BCUT2D eigenvalue weighted by atomic mass is 10.3. The van der Waals surface area contributed by atoms with Gasteiger partial charge >= 0.3 is 0 Å². The van der Waals surface area contributed by atoms with Crippen molar-refractivity contribution < 1.29 is 9.47 Å². The van der Waals surface area contributed by atoms with Crippen molar-refractivity contribution in [2.75, 3.05) is 7.11 Å². The van der Waals surface area contributed by atoms with Crippen LogP contribution in [0.5, 0.6) is 0 Å². The van der Waals surface area contributed by atoms with E-state index >= 15 is 0 Å². The van der Waals surface area contributed by atoms with Crippen molar-refractivity contribution in [3.63, 3.8) is 0 Å². The topological polar surface area (TPSA) is 34.1 Å². The van der Waals surface area contributed by atoms with E-state index in [0.717, 1.165) is 0 Å². The summed E-state index contributed by atoms with van der Waals surface area (Å²) in [6, 6.07) is 0. The third-order valence-corrected chi connectivity index (χ3v) is 1.43. The van der Waals surface area contributed by atoms with Crippen molar-refractivity contribution in [1.29, 1.82) is 0 Å². The van der Waals surface area contributed by atoms with Crippen molar-refractivity contribution in [2.45, 2.75) is 12.2 Å². The molecular formula is C6H7NO2. The van der Waals surface area contributed by atoms with E-state index in [9.17, 15) is 0 Å². The van der Waals surface area contributed by atoms with E-state index in [0.29, 0.717) is 5.88 Å². The summed E-state index contributed by atoms with van der Waals surface area (Å²) < 4.78 is 9.98. The Balaban J connectivity index is 2.16. The molecule has 0 aromatic rings. The molecule has 0 aromatic carbocycles. The standard InChI is InChI=1S/C6H7NO2/c1-8-6-2-4-5(9-4)3-7-6/h2-5H,1H3/t4-,5+/m0/s1. The van der Waals surface area contributed by atoms with Crippen LogP contribution >= 0.6 is 0 Å². The van der Waals surface area contributed by atoms with Gasteiger partial charge in [-0.25, -0.2) is 4.99 Å². The lowest BCUT2D eigenvalue weighted by Crippen LogP contribution is -2.00. The van der Waals surface area contributed by atoms with Gasteiger partial charge in [0.25, 0.3) is 0 Å². The molecule has 0 radical (unpaired) electrons. The summed E-state index contributed by atoms with van der Waals surface area (Å²) in [6.07, 6.45) is 4.13. The van der Waals surface area contributed by atoms with E-state index in [4.69, 9.17) is 9.47 Å². The first-order valence-corrected chi connectivity index (χ1v) is 2.85. The highest BCUT2D eigenvalue weighted by atomic mass is 16.6. The molecule has 2 heterocycles. The molecule has 0 saturated carbocycles. The van der Waals surface area contributed by atoms with Crippen molar-refractivity contribution in [2.24, 2.45) is 4.99 Å². The van der Waals surface area contributed by atoms with Crippen LogP contribution < -0.4 is 0 Å². The van der Waals surface area contributed by atoms with Crippen LogP contribution in [0.15, 0.2) is 17.0 Å². The number of aliphatic imine (C=N–C) groups is 1. The minimum absolute atomic E-state index is 0.240. The molecule has 1 saturated heterocycles. The average Bonchev–Trinajstić information content (AvgIpc) is 2.64. The van der Waals surface area contributed by atoms with Crippen LogP contribution in [0.4, 0.5) is 0 Å². The molecule has 2 rings (SSSR count). The normalized spacial score (nSPS) is 37.2. The second-order valence-electron chi connectivity index (χ2n) is 2.05. The highest BCUT2D eigenvalue weighted by Crippen LogP contribution is 2.26. The molecule has 0 aromatic heterocycles. The van der Waals surface area contributed by atoms with Crippen molar-refractivity contribution in [3.8, 4) is 0 Å². The molecule has 0 spiro atoms. The summed E-state index contributed by atoms with van der Waals surface area (Å²) in [5.41, 5.74) is 0. The first kappa shape index (κ1) is 4.99. The van der Waals surface area contributed by atoms with Gasteiger partial charge in [0.1, 0.15) is 12.2 Å². The number of epoxide rings is 1. The van der Waals surface area contributed by atoms with Gasteiger partial charge < -0.3 is 9.47 Å². The molecule has 0 N–H and O–H groups in total. The summed E-state index contributed by atoms with van der Waals surface area (Å²) in [5, 5.41) is 0. The molecule has 2 atom stereocenters. The fraction of sp³-hybridized carbons (Fsp3) is 0.500. The Bertz CT molecular complexity index is 185. The van der Waals surface area contributed by atoms with Crippen LogP contribution in [0.3, 0.4) is 0 Å². The van der Waals surface area contributed by atoms with Gasteiger partial charge in [0.2, 0.25) is 5.88 Å². The van der Waals surface area contributed by atoms with Crippen molar-refractivity contribution >= 4 is 6.21 Å². The molecule has 48 valence electrons. The van der Waals surface area contributed by atoms with E-state index in [1.165, 1.54) is 0 Å². The Morgan fingerprint density at radius 1 is 1.67 bits per heavy atom. The second kappa shape index (κ2) is 1.57. The van der Waals surface area contributed by atoms with Gasteiger partial charge in [0.15, 0.2) is 0 Å². The summed E-state index contributed by atoms with van der Waals surface area (Å²) in [4.78, 5) is 3.96. The smallest absolute Gasteiger partial charge is 0.211 e. The first-order chi connectivity index (χ1) is 4.40. The number of ether oxygens (including phenoxy) is 2. The Kier molecular flexibility index (Phi) is 0.873. The van der Waals surface area contributed by atoms with Crippen molar-refractivity contribution in [3.05, 3.63) is 12.0 Å². The Hall–Kier alpha value is -0.830. The average molecular weight is 125 g/mol.